The molecule has 4 atom stereocenters. The van der Waals surface area contributed by atoms with Crippen LogP contribution in [0.4, 0.5) is 17.1 Å². The topological polar surface area (TPSA) is 113 Å². The van der Waals surface area contributed by atoms with Crippen LogP contribution in [-0.2, 0) is 19.2 Å². The number of benzene rings is 3. The molecule has 1 heterocycles. The summed E-state index contributed by atoms with van der Waals surface area (Å²) in [5, 5.41) is 14.4. The van der Waals surface area contributed by atoms with Crippen LogP contribution in [0.2, 0.25) is 0 Å². The number of hydrogen-bond acceptors (Lipinski definition) is 7. The monoisotopic (exact) mass is 586 g/mol. The summed E-state index contributed by atoms with van der Waals surface area (Å²) in [7, 11) is 1.49. The van der Waals surface area contributed by atoms with Crippen LogP contribution in [0.15, 0.2) is 107 Å². The highest BCUT2D eigenvalue weighted by Crippen LogP contribution is 2.56. The van der Waals surface area contributed by atoms with Crippen LogP contribution < -0.4 is 15.0 Å². The SMILES string of the molecule is COc1ccc([C@H]2C3=CC[C@@H]4C(=O)N(c5ccc(Nc6ccccc6)cc5)C(=O)[C@@H]4[C@@H]3CC3=C2C(=O)C=C(C)C3=O)c(O)c1. The molecule has 3 aromatic carbocycles. The molecule has 0 saturated carbocycles. The van der Waals surface area contributed by atoms with Crippen molar-refractivity contribution in [3.63, 3.8) is 0 Å². The maximum atomic E-state index is 14.2. The third kappa shape index (κ3) is 4.28. The second kappa shape index (κ2) is 10.5. The van der Waals surface area contributed by atoms with Gasteiger partial charge < -0.3 is 15.2 Å². The van der Waals surface area contributed by atoms with Crippen LogP contribution in [0, 0.1) is 17.8 Å². The lowest BCUT2D eigenvalue weighted by Gasteiger charge is -2.42. The highest BCUT2D eigenvalue weighted by Gasteiger charge is 2.56. The molecule has 7 rings (SSSR count). The first-order valence-electron chi connectivity index (χ1n) is 14.6. The quantitative estimate of drug-likeness (QED) is 0.221. The second-order valence-electron chi connectivity index (χ2n) is 11.7. The molecular weight excluding hydrogens is 556 g/mol. The fourth-order valence-corrected chi connectivity index (χ4v) is 7.27. The molecule has 2 amide bonds. The number of rotatable bonds is 5. The van der Waals surface area contributed by atoms with Crippen molar-refractivity contribution in [2.24, 2.45) is 17.8 Å². The molecule has 1 aliphatic heterocycles. The van der Waals surface area contributed by atoms with E-state index >= 15 is 0 Å². The van der Waals surface area contributed by atoms with E-state index in [-0.39, 0.29) is 35.6 Å². The molecule has 3 aliphatic carbocycles. The zero-order chi connectivity index (χ0) is 30.7. The van der Waals surface area contributed by atoms with Gasteiger partial charge in [-0.2, -0.15) is 0 Å². The maximum Gasteiger partial charge on any atom is 0.238 e. The summed E-state index contributed by atoms with van der Waals surface area (Å²) in [5.41, 5.74) is 4.48. The van der Waals surface area contributed by atoms with E-state index in [1.165, 1.54) is 24.2 Å². The molecule has 1 saturated heterocycles. The van der Waals surface area contributed by atoms with Gasteiger partial charge in [-0.3, -0.25) is 24.1 Å². The number of amides is 2. The number of methoxy groups -OCH3 is 1. The summed E-state index contributed by atoms with van der Waals surface area (Å²) in [6, 6.07) is 21.7. The van der Waals surface area contributed by atoms with Crippen molar-refractivity contribution in [2.45, 2.75) is 25.7 Å². The summed E-state index contributed by atoms with van der Waals surface area (Å²) in [4.78, 5) is 56.1. The van der Waals surface area contributed by atoms with Gasteiger partial charge in [0.05, 0.1) is 24.6 Å². The molecule has 0 spiro atoms. The first kappa shape index (κ1) is 27.6. The standard InChI is InChI=1S/C36H30N2O6/c1-19-16-30(40)33-28(34(19)41)18-27-24(31(33)25-13-12-23(44-2)17-29(25)39)14-15-26-32(27)36(43)38(35(26)42)22-10-8-21(9-11-22)37-20-6-4-3-5-7-20/h3-14,16-17,26-27,31-32,37,39H,15,18H2,1-2H3/t26-,27+,31+,32-/m0/s1. The Labute approximate surface area is 254 Å². The normalized spacial score (nSPS) is 24.4. The van der Waals surface area contributed by atoms with E-state index in [4.69, 9.17) is 4.74 Å². The predicted molar refractivity (Wildman–Crippen MR) is 165 cm³/mol. The van der Waals surface area contributed by atoms with Crippen LogP contribution in [0.25, 0.3) is 0 Å². The minimum absolute atomic E-state index is 0.0731. The highest BCUT2D eigenvalue weighted by atomic mass is 16.5. The number of phenols is 1. The number of para-hydroxylation sites is 1. The summed E-state index contributed by atoms with van der Waals surface area (Å²) < 4.78 is 5.27. The third-order valence-corrected chi connectivity index (χ3v) is 9.30. The molecule has 2 N–H and O–H groups in total. The summed E-state index contributed by atoms with van der Waals surface area (Å²) >= 11 is 0. The zero-order valence-electron chi connectivity index (χ0n) is 24.2. The van der Waals surface area contributed by atoms with Gasteiger partial charge in [0.15, 0.2) is 11.6 Å². The lowest BCUT2D eigenvalue weighted by atomic mass is 9.59. The van der Waals surface area contributed by atoms with Crippen molar-refractivity contribution in [2.75, 3.05) is 17.3 Å². The highest BCUT2D eigenvalue weighted by molar-refractivity contribution is 6.25. The van der Waals surface area contributed by atoms with Gasteiger partial charge in [-0.15, -0.1) is 0 Å². The van der Waals surface area contributed by atoms with Crippen molar-refractivity contribution >= 4 is 40.4 Å². The van der Waals surface area contributed by atoms with Gasteiger partial charge in [0.1, 0.15) is 11.5 Å². The average Bonchev–Trinajstić information content (AvgIpc) is 3.29. The number of Topliss-reactive ketones (excluding diaryl/α,β-unsaturated/α-hetero) is 1. The van der Waals surface area contributed by atoms with Crippen molar-refractivity contribution in [3.8, 4) is 11.5 Å². The molecule has 1 fully saturated rings. The van der Waals surface area contributed by atoms with E-state index in [0.717, 1.165) is 16.9 Å². The summed E-state index contributed by atoms with van der Waals surface area (Å²) in [6.07, 6.45) is 3.79. The molecule has 0 bridgehead atoms. The van der Waals surface area contributed by atoms with E-state index in [9.17, 15) is 24.3 Å². The number of allylic oxidation sites excluding steroid dienone is 6. The Morgan fingerprint density at radius 1 is 0.886 bits per heavy atom. The van der Waals surface area contributed by atoms with Gasteiger partial charge in [0.2, 0.25) is 11.8 Å². The van der Waals surface area contributed by atoms with Crippen molar-refractivity contribution < 1.29 is 29.0 Å². The Bertz CT molecular complexity index is 1840. The van der Waals surface area contributed by atoms with E-state index in [1.54, 1.807) is 31.2 Å². The number of carbonyl (C=O) groups excluding carboxylic acids is 4. The van der Waals surface area contributed by atoms with E-state index in [2.05, 4.69) is 5.32 Å². The van der Waals surface area contributed by atoms with Crippen molar-refractivity contribution in [3.05, 3.63) is 113 Å². The van der Waals surface area contributed by atoms with Crippen LogP contribution in [-0.4, -0.2) is 35.6 Å². The number of phenolic OH excluding ortho intramolecular Hbond substituents is 1. The molecule has 0 radical (unpaired) electrons. The Morgan fingerprint density at radius 3 is 2.32 bits per heavy atom. The molecular formula is C36H30N2O6. The molecule has 3 aromatic rings. The van der Waals surface area contributed by atoms with Crippen LogP contribution in [0.1, 0.15) is 31.2 Å². The number of nitrogens with one attached hydrogen (secondary N) is 1. The fourth-order valence-electron chi connectivity index (χ4n) is 7.27. The lowest BCUT2D eigenvalue weighted by molar-refractivity contribution is -0.123. The number of fused-ring (bicyclic) bond motifs is 3. The molecule has 8 nitrogen and oxygen atoms in total. The smallest absolute Gasteiger partial charge is 0.238 e. The Balaban J connectivity index is 1.26. The van der Waals surface area contributed by atoms with Crippen molar-refractivity contribution in [1.29, 1.82) is 0 Å². The second-order valence-corrected chi connectivity index (χ2v) is 11.7. The largest absolute Gasteiger partial charge is 0.507 e. The minimum Gasteiger partial charge on any atom is -0.507 e. The number of ether oxygens (including phenoxy) is 1. The minimum atomic E-state index is -0.725. The van der Waals surface area contributed by atoms with E-state index < -0.39 is 23.7 Å². The molecule has 0 aromatic heterocycles. The lowest BCUT2D eigenvalue weighted by Crippen LogP contribution is -2.39. The first-order chi connectivity index (χ1) is 21.3. The van der Waals surface area contributed by atoms with Crippen LogP contribution in [0.3, 0.4) is 0 Å². The molecule has 220 valence electrons. The van der Waals surface area contributed by atoms with Gasteiger partial charge >= 0.3 is 0 Å². The van der Waals surface area contributed by atoms with E-state index in [1.807, 2.05) is 48.5 Å². The van der Waals surface area contributed by atoms with Gasteiger partial charge in [0.25, 0.3) is 0 Å². The molecule has 8 heteroatoms. The molecule has 4 aliphatic rings. The Kier molecular flexibility index (Phi) is 6.57. The predicted octanol–water partition coefficient (Wildman–Crippen LogP) is 5.78. The maximum absolute atomic E-state index is 14.2. The third-order valence-electron chi connectivity index (χ3n) is 9.30. The Morgan fingerprint density at radius 2 is 1.61 bits per heavy atom. The molecule has 44 heavy (non-hydrogen) atoms. The summed E-state index contributed by atoms with van der Waals surface area (Å²) in [6.45, 7) is 1.61. The first-order valence-corrected chi connectivity index (χ1v) is 14.6. The zero-order valence-corrected chi connectivity index (χ0v) is 24.2. The van der Waals surface area contributed by atoms with Gasteiger partial charge in [0, 0.05) is 45.6 Å². The number of ketones is 2. The Hall–Kier alpha value is -5.24. The number of anilines is 3. The van der Waals surface area contributed by atoms with Gasteiger partial charge in [-0.1, -0.05) is 35.9 Å². The number of nitrogens with zero attached hydrogens (tertiary/aromatic N) is 1. The average molecular weight is 587 g/mol. The van der Waals surface area contributed by atoms with E-state index in [0.29, 0.717) is 40.1 Å². The van der Waals surface area contributed by atoms with Crippen LogP contribution in [0.5, 0.6) is 11.5 Å². The number of carbonyl (C=O) groups is 4. The number of aromatic hydroxyl groups is 1. The van der Waals surface area contributed by atoms with Gasteiger partial charge in [-0.25, -0.2) is 0 Å². The van der Waals surface area contributed by atoms with Crippen molar-refractivity contribution in [1.82, 2.24) is 0 Å². The van der Waals surface area contributed by atoms with Crippen LogP contribution >= 0.6 is 0 Å². The summed E-state index contributed by atoms with van der Waals surface area (Å²) in [5.74, 6) is -3.23. The number of hydrogen-bond donors (Lipinski definition) is 2. The number of imide groups is 1. The fraction of sp³-hybridized carbons (Fsp3) is 0.222. The molecule has 0 unspecified atom stereocenters. The van der Waals surface area contributed by atoms with Gasteiger partial charge in [-0.05, 0) is 74.2 Å².